The van der Waals surface area contributed by atoms with Crippen molar-refractivity contribution < 1.29 is 16.2 Å². The van der Waals surface area contributed by atoms with E-state index in [1.807, 2.05) is 13.8 Å². The third-order valence-electron chi connectivity index (χ3n) is 1.82. The van der Waals surface area contributed by atoms with Gasteiger partial charge in [-0.1, -0.05) is 13.8 Å². The van der Waals surface area contributed by atoms with Crippen molar-refractivity contribution in [2.24, 2.45) is 0 Å². The summed E-state index contributed by atoms with van der Waals surface area (Å²) in [4.78, 5) is 8.73. The molecule has 0 saturated carbocycles. The molecule has 1 aliphatic carbocycles. The minimum absolute atomic E-state index is 0.576. The van der Waals surface area contributed by atoms with E-state index in [-0.39, 0.29) is 0 Å². The molecule has 0 aromatic rings. The molecule has 0 bridgehead atoms. The zero-order valence-electron chi connectivity index (χ0n) is 9.34. The van der Waals surface area contributed by atoms with Crippen LogP contribution in [0.1, 0.15) is 20.3 Å². The summed E-state index contributed by atoms with van der Waals surface area (Å²) in [7, 11) is -0.576. The summed E-state index contributed by atoms with van der Waals surface area (Å²) in [6.45, 7) is 4.02. The fourth-order valence-electron chi connectivity index (χ4n) is 0.852. The van der Waals surface area contributed by atoms with Gasteiger partial charge in [0.25, 0.3) is 0 Å². The Kier molecular flexibility index (Phi) is 9.40. The van der Waals surface area contributed by atoms with E-state index in [2.05, 4.69) is 50.7 Å². The normalized spacial score (nSPS) is 16.1. The minimum atomic E-state index is -1.76. The molecule has 0 amide bonds. The van der Waals surface area contributed by atoms with Gasteiger partial charge >= 0.3 is 72.4 Å². The number of allylic oxidation sites excluding steroid dienone is 4. The van der Waals surface area contributed by atoms with Gasteiger partial charge in [0.15, 0.2) is 0 Å². The summed E-state index contributed by atoms with van der Waals surface area (Å²) in [5.74, 6) is 0. The summed E-state index contributed by atoms with van der Waals surface area (Å²) in [5.41, 5.74) is 2.28. The number of hydrogen-bond acceptors (Lipinski definition) is 1. The van der Waals surface area contributed by atoms with Crippen LogP contribution in [0.15, 0.2) is 22.3 Å². The standard InChI is InChI=1S/C5H5.C4H11OP.CH3.2BrH.Ir/c1-2-4-5-3-1;1-3-6(5)4-2;;;;/h1-3H,4H2;5H,3-4H2,1-2H3;1H3;2*1H;/q;;;;;+2/p-2. The summed E-state index contributed by atoms with van der Waals surface area (Å²) < 4.78 is 1.56. The van der Waals surface area contributed by atoms with Crippen LogP contribution in [0.4, 0.5) is 0 Å². The Morgan fingerprint density at radius 2 is 1.93 bits per heavy atom. The van der Waals surface area contributed by atoms with E-state index in [9.17, 15) is 0 Å². The SMILES string of the molecule is CCP(O)CC.[CH3][Ir]([Br])([Br])[C]1=CC=CC1. The van der Waals surface area contributed by atoms with Crippen molar-refractivity contribution in [2.45, 2.75) is 25.7 Å². The molecule has 0 fully saturated rings. The molecule has 0 saturated heterocycles. The zero-order valence-corrected chi connectivity index (χ0v) is 15.8. The van der Waals surface area contributed by atoms with E-state index in [0.29, 0.717) is 0 Å². The van der Waals surface area contributed by atoms with Crippen LogP contribution in [0.3, 0.4) is 0 Å². The molecule has 0 heterocycles. The molecule has 0 aromatic carbocycles. The van der Waals surface area contributed by atoms with Crippen LogP contribution in [0.2, 0.25) is 5.44 Å². The van der Waals surface area contributed by atoms with Gasteiger partial charge in [0.1, 0.15) is 0 Å². The van der Waals surface area contributed by atoms with Gasteiger partial charge in [0.05, 0.1) is 0 Å². The van der Waals surface area contributed by atoms with Crippen LogP contribution in [-0.4, -0.2) is 17.2 Å². The first-order chi connectivity index (χ1) is 6.91. The average Bonchev–Trinajstić information content (AvgIpc) is 2.69. The van der Waals surface area contributed by atoms with Crippen LogP contribution < -0.4 is 0 Å². The first kappa shape index (κ1) is 16.5. The third-order valence-corrected chi connectivity index (χ3v) is 12.4. The second-order valence-corrected chi connectivity index (χ2v) is 34.1. The van der Waals surface area contributed by atoms with E-state index >= 15 is 0 Å². The molecule has 0 atom stereocenters. The van der Waals surface area contributed by atoms with Crippen LogP contribution in [0, 0.1) is 0 Å². The van der Waals surface area contributed by atoms with Crippen molar-refractivity contribution in [1.82, 2.24) is 0 Å². The molecule has 0 unspecified atom stereocenters. The average molecular weight is 538 g/mol. The van der Waals surface area contributed by atoms with Crippen LogP contribution in [0.5, 0.6) is 0 Å². The second kappa shape index (κ2) is 8.55. The Bertz CT molecular complexity index is 232. The summed E-state index contributed by atoms with van der Waals surface area (Å²) in [5, 5.41) is 0. The fourth-order valence-corrected chi connectivity index (χ4v) is 6.58. The predicted molar refractivity (Wildman–Crippen MR) is 75.8 cm³/mol. The van der Waals surface area contributed by atoms with E-state index in [1.54, 1.807) is 4.09 Å². The van der Waals surface area contributed by atoms with Gasteiger partial charge in [-0.05, 0) is 12.3 Å². The molecule has 0 aliphatic heterocycles. The first-order valence-electron chi connectivity index (χ1n) is 4.72. The quantitative estimate of drug-likeness (QED) is 0.498. The number of rotatable bonds is 3. The third kappa shape index (κ3) is 8.24. The van der Waals surface area contributed by atoms with Gasteiger partial charge < -0.3 is 4.89 Å². The van der Waals surface area contributed by atoms with Crippen molar-refractivity contribution in [3.05, 3.63) is 22.3 Å². The molecule has 93 valence electrons. The number of halogens is 2. The Morgan fingerprint density at radius 1 is 1.40 bits per heavy atom. The Balaban J connectivity index is 0.000000288. The van der Waals surface area contributed by atoms with Gasteiger partial charge in [-0.3, -0.25) is 0 Å². The van der Waals surface area contributed by atoms with Crippen molar-refractivity contribution in [3.8, 4) is 0 Å². The van der Waals surface area contributed by atoms with Crippen LogP contribution >= 0.6 is 35.1 Å². The Morgan fingerprint density at radius 3 is 2.07 bits per heavy atom. The number of hydrogen-bond donors (Lipinski definition) is 1. The molecule has 0 radical (unpaired) electrons. The van der Waals surface area contributed by atoms with E-state index in [1.165, 1.54) is 0 Å². The van der Waals surface area contributed by atoms with Crippen molar-refractivity contribution in [2.75, 3.05) is 12.3 Å². The zero-order chi connectivity index (χ0) is 11.9. The molecule has 5 heteroatoms. The first-order valence-corrected chi connectivity index (χ1v) is 20.4. The molecule has 1 nitrogen and oxygen atoms in total. The van der Waals surface area contributed by atoms with Crippen LogP contribution in [-0.2, 0) is 11.3 Å². The maximum absolute atomic E-state index is 8.73. The molecular formula is C10H19Br2IrOP. The van der Waals surface area contributed by atoms with E-state index in [4.69, 9.17) is 4.89 Å². The Labute approximate surface area is 111 Å². The van der Waals surface area contributed by atoms with Crippen molar-refractivity contribution in [1.29, 1.82) is 0 Å². The maximum atomic E-state index is 8.73. The monoisotopic (exact) mass is 537 g/mol. The fraction of sp³-hybridized carbons (Fsp3) is 0.600. The molecule has 0 spiro atoms. The topological polar surface area (TPSA) is 20.2 Å². The van der Waals surface area contributed by atoms with Crippen molar-refractivity contribution >= 4 is 35.1 Å². The van der Waals surface area contributed by atoms with E-state index in [0.717, 1.165) is 18.7 Å². The van der Waals surface area contributed by atoms with Crippen LogP contribution in [0.25, 0.3) is 0 Å². The molecule has 1 rings (SSSR count). The molecule has 1 N–H and O–H groups in total. The van der Waals surface area contributed by atoms with Gasteiger partial charge in [0.2, 0.25) is 0 Å². The van der Waals surface area contributed by atoms with Gasteiger partial charge in [0, 0.05) is 8.15 Å². The summed E-state index contributed by atoms with van der Waals surface area (Å²) >= 11 is 5.65. The molecule has 1 aliphatic rings. The summed E-state index contributed by atoms with van der Waals surface area (Å²) in [6, 6.07) is 0. The molecule has 15 heavy (non-hydrogen) atoms. The summed E-state index contributed by atoms with van der Waals surface area (Å²) in [6.07, 6.45) is 9.58. The van der Waals surface area contributed by atoms with Gasteiger partial charge in [-0.15, -0.1) is 0 Å². The molecular weight excluding hydrogens is 519 g/mol. The predicted octanol–water partition coefficient (Wildman–Crippen LogP) is 5.07. The second-order valence-electron chi connectivity index (χ2n) is 2.95. The van der Waals surface area contributed by atoms with Gasteiger partial charge in [-0.25, -0.2) is 0 Å². The van der Waals surface area contributed by atoms with E-state index < -0.39 is 19.4 Å². The Hall–Kier alpha value is 1.48. The molecule has 0 aromatic heterocycles. The van der Waals surface area contributed by atoms with Crippen molar-refractivity contribution in [3.63, 3.8) is 0 Å². The van der Waals surface area contributed by atoms with Gasteiger partial charge in [-0.2, -0.15) is 0 Å².